The van der Waals surface area contributed by atoms with Crippen molar-refractivity contribution < 1.29 is 4.74 Å². The topological polar surface area (TPSA) is 60.2 Å². The number of nitrogens with two attached hydrogens (primary N) is 1. The van der Waals surface area contributed by atoms with E-state index in [0.29, 0.717) is 11.4 Å². The molecule has 1 aromatic rings. The molecule has 0 aromatic carbocycles. The Bertz CT molecular complexity index is 199. The van der Waals surface area contributed by atoms with Gasteiger partial charge in [-0.25, -0.2) is 0 Å². The van der Waals surface area contributed by atoms with Crippen LogP contribution in [0.5, 0.6) is 5.75 Å². The number of pyridine rings is 1. The van der Waals surface area contributed by atoms with Crippen LogP contribution in [0.15, 0.2) is 18.5 Å². The molecule has 0 spiro atoms. The summed E-state index contributed by atoms with van der Waals surface area (Å²) in [4.78, 5) is 3.84. The van der Waals surface area contributed by atoms with E-state index in [2.05, 4.69) is 10.4 Å². The molecule has 1 aromatic heterocycles. The standard InChI is InChI=1S/C6H9N3O.2ClH/c1-10-6-2-3-8-4-5(6)9-7;;/h2-4,9H,7H2,1H3;2*1H. The van der Waals surface area contributed by atoms with Gasteiger partial charge in [-0.05, 0) is 0 Å². The van der Waals surface area contributed by atoms with Gasteiger partial charge in [0, 0.05) is 12.3 Å². The summed E-state index contributed by atoms with van der Waals surface area (Å²) in [7, 11) is 1.58. The predicted octanol–water partition coefficient (Wildman–Crippen LogP) is 1.22. The lowest BCUT2D eigenvalue weighted by atomic mass is 10.4. The van der Waals surface area contributed by atoms with E-state index < -0.39 is 0 Å². The molecule has 0 fully saturated rings. The number of halogens is 2. The zero-order valence-corrected chi connectivity index (χ0v) is 8.11. The van der Waals surface area contributed by atoms with Crippen LogP contribution in [0.2, 0.25) is 0 Å². The van der Waals surface area contributed by atoms with Crippen molar-refractivity contribution in [1.29, 1.82) is 0 Å². The highest BCUT2D eigenvalue weighted by atomic mass is 35.5. The average Bonchev–Trinajstić information content (AvgIpc) is 2.04. The number of ether oxygens (including phenoxy) is 1. The van der Waals surface area contributed by atoms with Crippen molar-refractivity contribution in [3.8, 4) is 5.75 Å². The van der Waals surface area contributed by atoms with Gasteiger partial charge in [-0.15, -0.1) is 24.8 Å². The Labute approximate surface area is 83.3 Å². The minimum atomic E-state index is 0. The number of nitrogen functional groups attached to an aromatic ring is 1. The summed E-state index contributed by atoms with van der Waals surface area (Å²) < 4.78 is 4.95. The molecule has 0 atom stereocenters. The minimum absolute atomic E-state index is 0. The molecule has 0 bridgehead atoms. The second-order valence-electron chi connectivity index (χ2n) is 1.72. The first-order chi connectivity index (χ1) is 4.88. The summed E-state index contributed by atoms with van der Waals surface area (Å²) in [6, 6.07) is 1.73. The van der Waals surface area contributed by atoms with Crippen molar-refractivity contribution in [2.45, 2.75) is 0 Å². The molecule has 0 saturated heterocycles. The van der Waals surface area contributed by atoms with Crippen LogP contribution < -0.4 is 16.0 Å². The Morgan fingerprint density at radius 3 is 2.58 bits per heavy atom. The summed E-state index contributed by atoms with van der Waals surface area (Å²) in [6.45, 7) is 0. The summed E-state index contributed by atoms with van der Waals surface area (Å²) >= 11 is 0. The number of nitrogens with zero attached hydrogens (tertiary/aromatic N) is 1. The number of hydrazine groups is 1. The Kier molecular flexibility index (Phi) is 8.04. The second-order valence-corrected chi connectivity index (χ2v) is 1.72. The maximum atomic E-state index is 5.16. The Morgan fingerprint density at radius 2 is 2.17 bits per heavy atom. The number of methoxy groups -OCH3 is 1. The summed E-state index contributed by atoms with van der Waals surface area (Å²) in [5.74, 6) is 5.85. The van der Waals surface area contributed by atoms with E-state index in [1.54, 1.807) is 25.6 Å². The molecule has 0 unspecified atom stereocenters. The van der Waals surface area contributed by atoms with Crippen molar-refractivity contribution in [2.75, 3.05) is 12.5 Å². The molecule has 0 aliphatic rings. The maximum absolute atomic E-state index is 5.16. The van der Waals surface area contributed by atoms with Crippen LogP contribution in [0, 0.1) is 0 Å². The highest BCUT2D eigenvalue weighted by molar-refractivity contribution is 5.85. The van der Waals surface area contributed by atoms with E-state index in [9.17, 15) is 0 Å². The molecule has 70 valence electrons. The van der Waals surface area contributed by atoms with Gasteiger partial charge in [-0.3, -0.25) is 10.8 Å². The number of aromatic nitrogens is 1. The highest BCUT2D eigenvalue weighted by Gasteiger charge is 1.96. The van der Waals surface area contributed by atoms with Crippen LogP contribution >= 0.6 is 24.8 Å². The van der Waals surface area contributed by atoms with Gasteiger partial charge < -0.3 is 10.2 Å². The molecule has 1 heterocycles. The quantitative estimate of drug-likeness (QED) is 0.571. The van der Waals surface area contributed by atoms with E-state index in [0.717, 1.165) is 0 Å². The molecule has 0 radical (unpaired) electrons. The van der Waals surface area contributed by atoms with Gasteiger partial charge in [0.1, 0.15) is 11.4 Å². The van der Waals surface area contributed by atoms with Crippen LogP contribution in [0.4, 0.5) is 5.69 Å². The van der Waals surface area contributed by atoms with Gasteiger partial charge >= 0.3 is 0 Å². The first kappa shape index (κ1) is 13.9. The van der Waals surface area contributed by atoms with Crippen LogP contribution in [0.3, 0.4) is 0 Å². The smallest absolute Gasteiger partial charge is 0.146 e. The number of hydrogen-bond acceptors (Lipinski definition) is 4. The van der Waals surface area contributed by atoms with Gasteiger partial charge in [0.25, 0.3) is 0 Å². The van der Waals surface area contributed by atoms with E-state index in [-0.39, 0.29) is 24.8 Å². The molecular weight excluding hydrogens is 201 g/mol. The fourth-order valence-corrected chi connectivity index (χ4v) is 0.668. The zero-order valence-electron chi connectivity index (χ0n) is 6.48. The van der Waals surface area contributed by atoms with E-state index in [1.807, 2.05) is 0 Å². The number of anilines is 1. The van der Waals surface area contributed by atoms with Crippen molar-refractivity contribution in [1.82, 2.24) is 4.98 Å². The first-order valence-electron chi connectivity index (χ1n) is 2.83. The fraction of sp³-hybridized carbons (Fsp3) is 0.167. The largest absolute Gasteiger partial charge is 0.494 e. The normalized spacial score (nSPS) is 7.50. The molecule has 4 nitrogen and oxygen atoms in total. The zero-order chi connectivity index (χ0) is 7.40. The van der Waals surface area contributed by atoms with Gasteiger partial charge in [0.15, 0.2) is 0 Å². The number of rotatable bonds is 2. The lowest BCUT2D eigenvalue weighted by Gasteiger charge is -2.04. The molecule has 0 aliphatic heterocycles. The second kappa shape index (κ2) is 6.97. The third-order valence-corrected chi connectivity index (χ3v) is 1.16. The van der Waals surface area contributed by atoms with Crippen LogP contribution in [-0.4, -0.2) is 12.1 Å². The average molecular weight is 212 g/mol. The molecule has 1 rings (SSSR count). The molecular formula is C6H11Cl2N3O. The lowest BCUT2D eigenvalue weighted by Crippen LogP contribution is -2.08. The number of hydrogen-bond donors (Lipinski definition) is 2. The first-order valence-corrected chi connectivity index (χ1v) is 2.83. The predicted molar refractivity (Wildman–Crippen MR) is 53.1 cm³/mol. The van der Waals surface area contributed by atoms with Crippen molar-refractivity contribution >= 4 is 30.5 Å². The van der Waals surface area contributed by atoms with Crippen LogP contribution in [-0.2, 0) is 0 Å². The van der Waals surface area contributed by atoms with Gasteiger partial charge in [0.2, 0.25) is 0 Å². The summed E-state index contributed by atoms with van der Waals surface area (Å²) in [5.41, 5.74) is 3.14. The SMILES string of the molecule is COc1ccncc1NN.Cl.Cl. The third-order valence-electron chi connectivity index (χ3n) is 1.16. The van der Waals surface area contributed by atoms with Gasteiger partial charge in [-0.2, -0.15) is 0 Å². The van der Waals surface area contributed by atoms with Crippen molar-refractivity contribution in [3.63, 3.8) is 0 Å². The van der Waals surface area contributed by atoms with Crippen molar-refractivity contribution in [3.05, 3.63) is 18.5 Å². The highest BCUT2D eigenvalue weighted by Crippen LogP contribution is 2.19. The van der Waals surface area contributed by atoms with Crippen LogP contribution in [0.25, 0.3) is 0 Å². The molecule has 0 saturated carbocycles. The molecule has 0 aliphatic carbocycles. The maximum Gasteiger partial charge on any atom is 0.146 e. The summed E-state index contributed by atoms with van der Waals surface area (Å²) in [6.07, 6.45) is 3.23. The monoisotopic (exact) mass is 211 g/mol. The molecule has 12 heavy (non-hydrogen) atoms. The Morgan fingerprint density at radius 1 is 1.50 bits per heavy atom. The third kappa shape index (κ3) is 3.13. The Hall–Kier alpha value is -0.710. The van der Waals surface area contributed by atoms with E-state index in [1.165, 1.54) is 0 Å². The van der Waals surface area contributed by atoms with Gasteiger partial charge in [-0.1, -0.05) is 0 Å². The molecule has 6 heteroatoms. The van der Waals surface area contributed by atoms with Crippen molar-refractivity contribution in [2.24, 2.45) is 5.84 Å². The summed E-state index contributed by atoms with van der Waals surface area (Å²) in [5, 5.41) is 0. The van der Waals surface area contributed by atoms with Gasteiger partial charge in [0.05, 0.1) is 13.3 Å². The van der Waals surface area contributed by atoms with E-state index in [4.69, 9.17) is 10.6 Å². The Balaban J connectivity index is 0. The van der Waals surface area contributed by atoms with E-state index >= 15 is 0 Å². The number of nitrogens with one attached hydrogen (secondary N) is 1. The molecule has 3 N–H and O–H groups in total. The minimum Gasteiger partial charge on any atom is -0.494 e. The van der Waals surface area contributed by atoms with Crippen LogP contribution in [0.1, 0.15) is 0 Å². The molecule has 0 amide bonds. The lowest BCUT2D eigenvalue weighted by molar-refractivity contribution is 0.416. The fourth-order valence-electron chi connectivity index (χ4n) is 0.668.